The number of hydrogen-bond acceptors (Lipinski definition) is 3. The zero-order valence-corrected chi connectivity index (χ0v) is 11.5. The summed E-state index contributed by atoms with van der Waals surface area (Å²) in [6.45, 7) is 2.90. The summed E-state index contributed by atoms with van der Waals surface area (Å²) < 4.78 is 25.6. The van der Waals surface area contributed by atoms with Crippen LogP contribution in [-0.4, -0.2) is 27.3 Å². The molecule has 0 amide bonds. The molecule has 0 saturated heterocycles. The van der Waals surface area contributed by atoms with Crippen LogP contribution in [0.1, 0.15) is 24.5 Å². The number of benzene rings is 1. The Hall–Kier alpha value is -1.07. The van der Waals surface area contributed by atoms with Crippen LogP contribution in [0.15, 0.2) is 18.2 Å². The lowest BCUT2D eigenvalue weighted by Gasteiger charge is -2.30. The molecule has 1 aromatic rings. The Balaban J connectivity index is 2.39. The fraction of sp³-hybridized carbons (Fsp3) is 0.538. The number of fused-ring (bicyclic) bond motifs is 1. The van der Waals surface area contributed by atoms with Gasteiger partial charge in [-0.25, -0.2) is 8.42 Å². The largest absolute Gasteiger partial charge is 0.330 e. The average molecular weight is 268 g/mol. The highest BCUT2D eigenvalue weighted by Crippen LogP contribution is 2.30. The average Bonchev–Trinajstić information content (AvgIpc) is 2.38. The van der Waals surface area contributed by atoms with E-state index in [1.165, 1.54) is 5.56 Å². The maximum Gasteiger partial charge on any atom is 0.234 e. The Kier molecular flexibility index (Phi) is 3.92. The van der Waals surface area contributed by atoms with Gasteiger partial charge in [0, 0.05) is 6.54 Å². The van der Waals surface area contributed by atoms with Crippen molar-refractivity contribution in [2.75, 3.05) is 23.1 Å². The minimum absolute atomic E-state index is 0.150. The molecule has 0 saturated carbocycles. The molecule has 0 fully saturated rings. The highest BCUT2D eigenvalue weighted by molar-refractivity contribution is 7.92. The summed E-state index contributed by atoms with van der Waals surface area (Å²) in [6.07, 6.45) is 2.68. The molecule has 0 bridgehead atoms. The zero-order valence-electron chi connectivity index (χ0n) is 10.7. The molecular weight excluding hydrogens is 248 g/mol. The van der Waals surface area contributed by atoms with Crippen LogP contribution >= 0.6 is 0 Å². The molecule has 0 unspecified atom stereocenters. The predicted octanol–water partition coefficient (Wildman–Crippen LogP) is 1.29. The van der Waals surface area contributed by atoms with E-state index in [-0.39, 0.29) is 5.75 Å². The standard InChI is InChI=1S/C13H20N2O2S/c1-2-18(16,17)15-9-3-4-12-10-11(7-8-14)5-6-13(12)15/h5-6,10H,2-4,7-9,14H2,1H3. The molecule has 0 aliphatic carbocycles. The van der Waals surface area contributed by atoms with E-state index >= 15 is 0 Å². The van der Waals surface area contributed by atoms with Crippen LogP contribution in [0, 0.1) is 0 Å². The molecule has 0 atom stereocenters. The summed E-state index contributed by atoms with van der Waals surface area (Å²) in [6, 6.07) is 6.00. The fourth-order valence-corrected chi connectivity index (χ4v) is 3.58. The van der Waals surface area contributed by atoms with Crippen molar-refractivity contribution in [3.63, 3.8) is 0 Å². The first-order valence-corrected chi connectivity index (χ1v) is 8.01. The Morgan fingerprint density at radius 3 is 2.83 bits per heavy atom. The molecule has 18 heavy (non-hydrogen) atoms. The summed E-state index contributed by atoms with van der Waals surface area (Å²) in [5.41, 5.74) is 8.72. The van der Waals surface area contributed by atoms with Crippen LogP contribution in [0.25, 0.3) is 0 Å². The van der Waals surface area contributed by atoms with Gasteiger partial charge in [0.2, 0.25) is 10.0 Å². The number of rotatable bonds is 4. The predicted molar refractivity (Wildman–Crippen MR) is 74.3 cm³/mol. The molecule has 100 valence electrons. The lowest BCUT2D eigenvalue weighted by Crippen LogP contribution is -2.36. The van der Waals surface area contributed by atoms with E-state index in [2.05, 4.69) is 6.07 Å². The SMILES string of the molecule is CCS(=O)(=O)N1CCCc2cc(CCN)ccc21. The zero-order chi connectivity index (χ0) is 13.2. The van der Waals surface area contributed by atoms with Crippen LogP contribution in [0.5, 0.6) is 0 Å². The van der Waals surface area contributed by atoms with E-state index < -0.39 is 10.0 Å². The third-order valence-electron chi connectivity index (χ3n) is 3.35. The molecule has 1 aliphatic rings. The molecular formula is C13H20N2O2S. The van der Waals surface area contributed by atoms with Gasteiger partial charge in [-0.1, -0.05) is 12.1 Å². The summed E-state index contributed by atoms with van der Waals surface area (Å²) >= 11 is 0. The molecule has 0 radical (unpaired) electrons. The van der Waals surface area contributed by atoms with Gasteiger partial charge in [0.05, 0.1) is 11.4 Å². The number of nitrogens with zero attached hydrogens (tertiary/aromatic N) is 1. The summed E-state index contributed by atoms with van der Waals surface area (Å²) in [4.78, 5) is 0. The molecule has 1 heterocycles. The molecule has 2 N–H and O–H groups in total. The van der Waals surface area contributed by atoms with Crippen molar-refractivity contribution in [2.45, 2.75) is 26.2 Å². The lowest BCUT2D eigenvalue weighted by atomic mass is 9.99. The van der Waals surface area contributed by atoms with E-state index in [0.29, 0.717) is 13.1 Å². The van der Waals surface area contributed by atoms with Crippen LogP contribution in [-0.2, 0) is 22.9 Å². The van der Waals surface area contributed by atoms with Gasteiger partial charge in [0.15, 0.2) is 0 Å². The maximum atomic E-state index is 12.0. The second kappa shape index (κ2) is 5.28. The third kappa shape index (κ3) is 2.52. The van der Waals surface area contributed by atoms with Crippen molar-refractivity contribution in [1.82, 2.24) is 0 Å². The van der Waals surface area contributed by atoms with Crippen LogP contribution in [0.4, 0.5) is 5.69 Å². The van der Waals surface area contributed by atoms with E-state index in [0.717, 1.165) is 30.5 Å². The van der Waals surface area contributed by atoms with Gasteiger partial charge in [-0.05, 0) is 49.9 Å². The quantitative estimate of drug-likeness (QED) is 0.895. The number of nitrogens with two attached hydrogens (primary N) is 1. The van der Waals surface area contributed by atoms with Crippen molar-refractivity contribution in [3.05, 3.63) is 29.3 Å². The molecule has 0 aromatic heterocycles. The lowest BCUT2D eigenvalue weighted by molar-refractivity contribution is 0.587. The Labute approximate surface area is 109 Å². The number of aryl methyl sites for hydroxylation is 1. The highest BCUT2D eigenvalue weighted by atomic mass is 32.2. The monoisotopic (exact) mass is 268 g/mol. The first-order valence-electron chi connectivity index (χ1n) is 6.40. The minimum Gasteiger partial charge on any atom is -0.330 e. The van der Waals surface area contributed by atoms with Crippen molar-refractivity contribution < 1.29 is 8.42 Å². The molecule has 1 aliphatic heterocycles. The second-order valence-electron chi connectivity index (χ2n) is 4.58. The summed E-state index contributed by atoms with van der Waals surface area (Å²) in [5, 5.41) is 0. The Bertz CT molecular complexity index is 526. The Morgan fingerprint density at radius 1 is 1.39 bits per heavy atom. The Morgan fingerprint density at radius 2 is 2.17 bits per heavy atom. The van der Waals surface area contributed by atoms with Gasteiger partial charge >= 0.3 is 0 Å². The van der Waals surface area contributed by atoms with Crippen molar-refractivity contribution in [2.24, 2.45) is 5.73 Å². The summed E-state index contributed by atoms with van der Waals surface area (Å²) in [5.74, 6) is 0.150. The molecule has 5 heteroatoms. The molecule has 1 aromatic carbocycles. The van der Waals surface area contributed by atoms with Gasteiger partial charge in [0.25, 0.3) is 0 Å². The van der Waals surface area contributed by atoms with Gasteiger partial charge in [-0.15, -0.1) is 0 Å². The highest BCUT2D eigenvalue weighted by Gasteiger charge is 2.25. The smallest absolute Gasteiger partial charge is 0.234 e. The van der Waals surface area contributed by atoms with Gasteiger partial charge < -0.3 is 5.73 Å². The van der Waals surface area contributed by atoms with Crippen LogP contribution in [0.2, 0.25) is 0 Å². The number of anilines is 1. The molecule has 2 rings (SSSR count). The van der Waals surface area contributed by atoms with Crippen molar-refractivity contribution >= 4 is 15.7 Å². The minimum atomic E-state index is -3.15. The third-order valence-corrected chi connectivity index (χ3v) is 5.13. The van der Waals surface area contributed by atoms with Crippen molar-refractivity contribution in [3.8, 4) is 0 Å². The first-order chi connectivity index (χ1) is 8.58. The number of hydrogen-bond donors (Lipinski definition) is 1. The van der Waals surface area contributed by atoms with Gasteiger partial charge in [0.1, 0.15) is 0 Å². The molecule has 4 nitrogen and oxygen atoms in total. The van der Waals surface area contributed by atoms with E-state index in [9.17, 15) is 8.42 Å². The normalized spacial score (nSPS) is 15.6. The van der Waals surface area contributed by atoms with Crippen molar-refractivity contribution in [1.29, 1.82) is 0 Å². The van der Waals surface area contributed by atoms with Crippen LogP contribution in [0.3, 0.4) is 0 Å². The maximum absolute atomic E-state index is 12.0. The van der Waals surface area contributed by atoms with E-state index in [4.69, 9.17) is 5.73 Å². The first kappa shape index (κ1) is 13.4. The topological polar surface area (TPSA) is 63.4 Å². The van der Waals surface area contributed by atoms with Crippen LogP contribution < -0.4 is 10.0 Å². The van der Waals surface area contributed by atoms with E-state index in [1.54, 1.807) is 11.2 Å². The number of sulfonamides is 1. The molecule has 0 spiro atoms. The van der Waals surface area contributed by atoms with Gasteiger partial charge in [-0.3, -0.25) is 4.31 Å². The second-order valence-corrected chi connectivity index (χ2v) is 6.76. The fourth-order valence-electron chi connectivity index (χ4n) is 2.38. The van der Waals surface area contributed by atoms with Gasteiger partial charge in [-0.2, -0.15) is 0 Å². The van der Waals surface area contributed by atoms with E-state index in [1.807, 2.05) is 12.1 Å². The summed E-state index contributed by atoms with van der Waals surface area (Å²) in [7, 11) is -3.15.